The van der Waals surface area contributed by atoms with E-state index in [9.17, 15) is 27.0 Å². The molecule has 2 unspecified atom stereocenters. The fourth-order valence-corrected chi connectivity index (χ4v) is 6.01. The van der Waals surface area contributed by atoms with Crippen molar-refractivity contribution in [3.63, 3.8) is 0 Å². The predicted molar refractivity (Wildman–Crippen MR) is 92.2 cm³/mol. The molecule has 0 aromatic heterocycles. The Morgan fingerprint density at radius 1 is 1.28 bits per heavy atom. The van der Waals surface area contributed by atoms with Crippen LogP contribution in [0.25, 0.3) is 0 Å². The van der Waals surface area contributed by atoms with Crippen molar-refractivity contribution < 1.29 is 31.8 Å². The standard InChI is InChI=1S/C15H23NO7S2/c1-23-12-3-2-4-13(9-12)25(21,22)8-6-16(5-7-17)14-10-24(19,20)11-15(14)18/h2-4,9,14-15,17-18H,5-8,10-11H2,1H3. The van der Waals surface area contributed by atoms with E-state index in [0.717, 1.165) is 0 Å². The zero-order chi connectivity index (χ0) is 18.7. The number of nitrogens with zero attached hydrogens (tertiary/aromatic N) is 1. The van der Waals surface area contributed by atoms with Crippen molar-refractivity contribution in [3.05, 3.63) is 24.3 Å². The number of benzene rings is 1. The van der Waals surface area contributed by atoms with Crippen LogP contribution in [0.1, 0.15) is 0 Å². The third-order valence-electron chi connectivity index (χ3n) is 4.20. The van der Waals surface area contributed by atoms with E-state index in [1.807, 2.05) is 0 Å². The SMILES string of the molecule is COc1cccc(S(=O)(=O)CCN(CCO)C2CS(=O)(=O)CC2O)c1. The minimum absolute atomic E-state index is 0.0113. The van der Waals surface area contributed by atoms with Gasteiger partial charge in [-0.3, -0.25) is 4.90 Å². The summed E-state index contributed by atoms with van der Waals surface area (Å²) >= 11 is 0. The lowest BCUT2D eigenvalue weighted by atomic mass is 10.2. The van der Waals surface area contributed by atoms with Crippen LogP contribution in [0, 0.1) is 0 Å². The third kappa shape index (κ3) is 5.14. The van der Waals surface area contributed by atoms with Crippen LogP contribution in [0.5, 0.6) is 5.75 Å². The van der Waals surface area contributed by atoms with Gasteiger partial charge in [0.2, 0.25) is 0 Å². The van der Waals surface area contributed by atoms with Crippen LogP contribution in [0.15, 0.2) is 29.2 Å². The van der Waals surface area contributed by atoms with Crippen LogP contribution in [0.3, 0.4) is 0 Å². The number of sulfone groups is 2. The molecule has 0 spiro atoms. The van der Waals surface area contributed by atoms with Crippen LogP contribution in [-0.4, -0.2) is 88.2 Å². The largest absolute Gasteiger partial charge is 0.497 e. The molecule has 25 heavy (non-hydrogen) atoms. The lowest BCUT2D eigenvalue weighted by molar-refractivity contribution is 0.0744. The summed E-state index contributed by atoms with van der Waals surface area (Å²) in [6, 6.07) is 5.38. The number of ether oxygens (including phenoxy) is 1. The Morgan fingerprint density at radius 2 is 2.00 bits per heavy atom. The molecule has 1 aliphatic heterocycles. The van der Waals surface area contributed by atoms with Crippen molar-refractivity contribution in [2.24, 2.45) is 0 Å². The van der Waals surface area contributed by atoms with Crippen LogP contribution in [0.2, 0.25) is 0 Å². The summed E-state index contributed by atoms with van der Waals surface area (Å²) in [5.41, 5.74) is 0. The molecule has 2 atom stereocenters. The average molecular weight is 393 g/mol. The minimum atomic E-state index is -3.62. The number of hydrogen-bond acceptors (Lipinski definition) is 8. The lowest BCUT2D eigenvalue weighted by Gasteiger charge is -2.29. The second kappa shape index (κ2) is 8.00. The normalized spacial score (nSPS) is 23.0. The molecule has 8 nitrogen and oxygen atoms in total. The first-order valence-electron chi connectivity index (χ1n) is 7.79. The maximum absolute atomic E-state index is 12.5. The van der Waals surface area contributed by atoms with Gasteiger partial charge in [0.15, 0.2) is 19.7 Å². The molecule has 10 heteroatoms. The molecule has 1 fully saturated rings. The Morgan fingerprint density at radius 3 is 2.56 bits per heavy atom. The summed E-state index contributed by atoms with van der Waals surface area (Å²) in [7, 11) is -5.54. The molecule has 2 rings (SSSR count). The summed E-state index contributed by atoms with van der Waals surface area (Å²) in [4.78, 5) is 1.63. The monoisotopic (exact) mass is 393 g/mol. The fraction of sp³-hybridized carbons (Fsp3) is 0.600. The second-order valence-electron chi connectivity index (χ2n) is 5.97. The highest BCUT2D eigenvalue weighted by Crippen LogP contribution is 2.21. The Bertz CT molecular complexity index is 792. The molecule has 0 radical (unpaired) electrons. The highest BCUT2D eigenvalue weighted by Gasteiger charge is 2.40. The first kappa shape index (κ1) is 20.1. The van der Waals surface area contributed by atoms with Gasteiger partial charge >= 0.3 is 0 Å². The second-order valence-corrected chi connectivity index (χ2v) is 10.2. The van der Waals surface area contributed by atoms with Crippen molar-refractivity contribution in [1.82, 2.24) is 4.90 Å². The molecule has 0 saturated carbocycles. The van der Waals surface area contributed by atoms with Crippen molar-refractivity contribution in [2.75, 3.05) is 44.1 Å². The number of aliphatic hydroxyl groups is 2. The highest BCUT2D eigenvalue weighted by atomic mass is 32.2. The fourth-order valence-electron chi connectivity index (χ4n) is 2.88. The maximum atomic E-state index is 12.5. The van der Waals surface area contributed by atoms with E-state index in [2.05, 4.69) is 0 Å². The van der Waals surface area contributed by atoms with E-state index in [1.54, 1.807) is 12.1 Å². The molecule has 142 valence electrons. The molecule has 1 aromatic rings. The molecule has 1 aliphatic rings. The van der Waals surface area contributed by atoms with Crippen molar-refractivity contribution >= 4 is 19.7 Å². The van der Waals surface area contributed by atoms with Crippen molar-refractivity contribution in [2.45, 2.75) is 17.0 Å². The van der Waals surface area contributed by atoms with Gasteiger partial charge in [-0.25, -0.2) is 16.8 Å². The minimum Gasteiger partial charge on any atom is -0.497 e. The van der Waals surface area contributed by atoms with Crippen LogP contribution in [0.4, 0.5) is 0 Å². The molecular weight excluding hydrogens is 370 g/mol. The van der Waals surface area contributed by atoms with Gasteiger partial charge in [-0.2, -0.15) is 0 Å². The van der Waals surface area contributed by atoms with E-state index < -0.39 is 31.8 Å². The smallest absolute Gasteiger partial charge is 0.179 e. The van der Waals surface area contributed by atoms with Crippen LogP contribution >= 0.6 is 0 Å². The number of aliphatic hydroxyl groups excluding tert-OH is 2. The number of rotatable bonds is 8. The average Bonchev–Trinajstić information content (AvgIpc) is 2.84. The van der Waals surface area contributed by atoms with Crippen LogP contribution in [-0.2, 0) is 19.7 Å². The van der Waals surface area contributed by atoms with Gasteiger partial charge < -0.3 is 14.9 Å². The molecule has 1 saturated heterocycles. The van der Waals surface area contributed by atoms with Gasteiger partial charge in [-0.1, -0.05) is 6.07 Å². The molecule has 0 bridgehead atoms. The predicted octanol–water partition coefficient (Wildman–Crippen LogP) is -1.08. The Labute approximate surface area is 147 Å². The molecule has 1 heterocycles. The number of methoxy groups -OCH3 is 1. The lowest BCUT2D eigenvalue weighted by Crippen LogP contribution is -2.46. The summed E-state index contributed by atoms with van der Waals surface area (Å²) in [5, 5.41) is 19.2. The van der Waals surface area contributed by atoms with Gasteiger partial charge in [0, 0.05) is 13.1 Å². The molecule has 1 aromatic carbocycles. The maximum Gasteiger partial charge on any atom is 0.179 e. The van der Waals surface area contributed by atoms with E-state index in [-0.39, 0.29) is 41.9 Å². The highest BCUT2D eigenvalue weighted by molar-refractivity contribution is 7.91. The molecular formula is C15H23NO7S2. The van der Waals surface area contributed by atoms with E-state index >= 15 is 0 Å². The van der Waals surface area contributed by atoms with Gasteiger partial charge in [0.1, 0.15) is 5.75 Å². The topological polar surface area (TPSA) is 121 Å². The molecule has 2 N–H and O–H groups in total. The van der Waals surface area contributed by atoms with E-state index in [4.69, 9.17) is 4.74 Å². The zero-order valence-electron chi connectivity index (χ0n) is 13.9. The molecule has 0 amide bonds. The summed E-state index contributed by atoms with van der Waals surface area (Å²) in [5.74, 6) is -0.426. The van der Waals surface area contributed by atoms with Gasteiger partial charge in [-0.05, 0) is 18.2 Å². The quantitative estimate of drug-likeness (QED) is 0.572. The summed E-state index contributed by atoms with van der Waals surface area (Å²) < 4.78 is 53.4. The van der Waals surface area contributed by atoms with Gasteiger partial charge in [0.25, 0.3) is 0 Å². The first-order chi connectivity index (χ1) is 11.7. The third-order valence-corrected chi connectivity index (χ3v) is 7.59. The molecule has 0 aliphatic carbocycles. The summed E-state index contributed by atoms with van der Waals surface area (Å²) in [6.07, 6.45) is -1.09. The Balaban J connectivity index is 2.12. The van der Waals surface area contributed by atoms with E-state index in [0.29, 0.717) is 5.75 Å². The van der Waals surface area contributed by atoms with Crippen molar-refractivity contribution in [3.8, 4) is 5.75 Å². The zero-order valence-corrected chi connectivity index (χ0v) is 15.5. The number of hydrogen-bond donors (Lipinski definition) is 2. The van der Waals surface area contributed by atoms with Crippen LogP contribution < -0.4 is 4.74 Å². The van der Waals surface area contributed by atoms with Crippen molar-refractivity contribution in [1.29, 1.82) is 0 Å². The van der Waals surface area contributed by atoms with Gasteiger partial charge in [0.05, 0.1) is 48.0 Å². The van der Waals surface area contributed by atoms with Gasteiger partial charge in [-0.15, -0.1) is 0 Å². The Hall–Kier alpha value is -1.20. The summed E-state index contributed by atoms with van der Waals surface area (Å²) in [6.45, 7) is -0.162. The Kier molecular flexibility index (Phi) is 6.44. The first-order valence-corrected chi connectivity index (χ1v) is 11.3. The van der Waals surface area contributed by atoms with E-state index in [1.165, 1.54) is 24.1 Å².